The van der Waals surface area contributed by atoms with Crippen LogP contribution in [0, 0.1) is 17.8 Å². The summed E-state index contributed by atoms with van der Waals surface area (Å²) in [5.74, 6) is 3.99. The number of hydrogen-bond acceptors (Lipinski definition) is 1. The Morgan fingerprint density at radius 2 is 1.75 bits per heavy atom. The van der Waals surface area contributed by atoms with Gasteiger partial charge >= 0.3 is 0 Å². The van der Waals surface area contributed by atoms with Gasteiger partial charge in [0.25, 0.3) is 0 Å². The van der Waals surface area contributed by atoms with Crippen LogP contribution < -0.4 is 0 Å². The summed E-state index contributed by atoms with van der Waals surface area (Å²) in [5.41, 5.74) is 0. The molecule has 3 atom stereocenters. The number of guanidine groups is 1. The highest BCUT2D eigenvalue weighted by molar-refractivity contribution is 5.79. The fourth-order valence-electron chi connectivity index (χ4n) is 3.48. The second-order valence-corrected chi connectivity index (χ2v) is 5.86. The first-order valence-corrected chi connectivity index (χ1v) is 6.47. The van der Waals surface area contributed by atoms with Crippen molar-refractivity contribution in [3.05, 3.63) is 0 Å². The van der Waals surface area contributed by atoms with E-state index >= 15 is 0 Å². The molecule has 3 unspecified atom stereocenters. The van der Waals surface area contributed by atoms with Crippen LogP contribution in [0.4, 0.5) is 0 Å². The van der Waals surface area contributed by atoms with Crippen molar-refractivity contribution in [2.24, 2.45) is 22.7 Å². The van der Waals surface area contributed by atoms with Crippen molar-refractivity contribution >= 4 is 5.96 Å². The zero-order valence-electron chi connectivity index (χ0n) is 11.1. The van der Waals surface area contributed by atoms with Gasteiger partial charge in [-0.2, -0.15) is 0 Å². The van der Waals surface area contributed by atoms with Crippen LogP contribution in [-0.4, -0.2) is 50.5 Å². The van der Waals surface area contributed by atoms with Crippen molar-refractivity contribution in [1.29, 1.82) is 0 Å². The van der Waals surface area contributed by atoms with E-state index in [2.05, 4.69) is 38.0 Å². The minimum Gasteiger partial charge on any atom is -0.349 e. The highest BCUT2D eigenvalue weighted by Crippen LogP contribution is 2.48. The Labute approximate surface area is 99.5 Å². The Balaban J connectivity index is 1.92. The van der Waals surface area contributed by atoms with Crippen LogP contribution in [-0.2, 0) is 0 Å². The van der Waals surface area contributed by atoms with Gasteiger partial charge in [-0.15, -0.1) is 0 Å². The summed E-state index contributed by atoms with van der Waals surface area (Å²) in [6.45, 7) is 1.03. The third-order valence-corrected chi connectivity index (χ3v) is 4.15. The van der Waals surface area contributed by atoms with Gasteiger partial charge in [0.15, 0.2) is 5.96 Å². The van der Waals surface area contributed by atoms with E-state index in [0.29, 0.717) is 0 Å². The lowest BCUT2D eigenvalue weighted by Crippen LogP contribution is -2.36. The lowest BCUT2D eigenvalue weighted by molar-refractivity contribution is 0.338. The van der Waals surface area contributed by atoms with E-state index in [1.807, 2.05) is 0 Å². The summed E-state index contributed by atoms with van der Waals surface area (Å²) in [6, 6.07) is 0. The van der Waals surface area contributed by atoms with Gasteiger partial charge in [-0.1, -0.05) is 6.42 Å². The van der Waals surface area contributed by atoms with Crippen molar-refractivity contribution in [2.45, 2.75) is 25.7 Å². The Morgan fingerprint density at radius 1 is 1.06 bits per heavy atom. The third-order valence-electron chi connectivity index (χ3n) is 4.15. The van der Waals surface area contributed by atoms with Gasteiger partial charge in [-0.25, -0.2) is 0 Å². The van der Waals surface area contributed by atoms with E-state index in [4.69, 9.17) is 4.99 Å². The minimum atomic E-state index is 0.869. The topological polar surface area (TPSA) is 18.8 Å². The van der Waals surface area contributed by atoms with Crippen molar-refractivity contribution in [3.8, 4) is 0 Å². The van der Waals surface area contributed by atoms with E-state index in [9.17, 15) is 0 Å². The van der Waals surface area contributed by atoms with E-state index < -0.39 is 0 Å². The Morgan fingerprint density at radius 3 is 2.19 bits per heavy atom. The molecule has 0 radical (unpaired) electrons. The van der Waals surface area contributed by atoms with Crippen molar-refractivity contribution < 1.29 is 0 Å². The summed E-state index contributed by atoms with van der Waals surface area (Å²) < 4.78 is 0. The van der Waals surface area contributed by atoms with Crippen molar-refractivity contribution in [3.63, 3.8) is 0 Å². The number of hydrogen-bond donors (Lipinski definition) is 0. The van der Waals surface area contributed by atoms with Crippen molar-refractivity contribution in [2.75, 3.05) is 34.7 Å². The van der Waals surface area contributed by atoms with E-state index in [1.54, 1.807) is 0 Å². The number of fused-ring (bicyclic) bond motifs is 2. The molecule has 2 rings (SSSR count). The van der Waals surface area contributed by atoms with Gasteiger partial charge in [0.2, 0.25) is 0 Å². The fraction of sp³-hybridized carbons (Fsp3) is 0.923. The molecule has 0 spiro atoms. The van der Waals surface area contributed by atoms with Crippen LogP contribution in [0.2, 0.25) is 0 Å². The largest absolute Gasteiger partial charge is 0.349 e. The standard InChI is InChI=1S/C13H25N3/c1-15(2)13(16(3)4)14-9-12-8-10-5-6-11(12)7-10/h10-12H,5-9H2,1-4H3. The normalized spacial score (nSPS) is 31.6. The van der Waals surface area contributed by atoms with Crippen LogP contribution in [0.15, 0.2) is 4.99 Å². The maximum atomic E-state index is 4.79. The molecular formula is C13H25N3. The Bertz CT molecular complexity index is 260. The zero-order chi connectivity index (χ0) is 11.7. The molecule has 0 aromatic rings. The van der Waals surface area contributed by atoms with E-state index in [-0.39, 0.29) is 0 Å². The van der Waals surface area contributed by atoms with Gasteiger partial charge in [-0.3, -0.25) is 4.99 Å². The average Bonchev–Trinajstić information content (AvgIpc) is 2.77. The predicted molar refractivity (Wildman–Crippen MR) is 68.6 cm³/mol. The molecular weight excluding hydrogens is 198 g/mol. The van der Waals surface area contributed by atoms with Gasteiger partial charge < -0.3 is 9.80 Å². The highest BCUT2D eigenvalue weighted by atomic mass is 15.3. The second kappa shape index (κ2) is 4.64. The molecule has 2 aliphatic rings. The number of rotatable bonds is 2. The molecule has 0 aliphatic heterocycles. The van der Waals surface area contributed by atoms with Crippen LogP contribution in [0.25, 0.3) is 0 Å². The first-order valence-electron chi connectivity index (χ1n) is 6.47. The molecule has 2 aliphatic carbocycles. The molecule has 0 heterocycles. The smallest absolute Gasteiger partial charge is 0.195 e. The molecule has 3 heteroatoms. The monoisotopic (exact) mass is 223 g/mol. The van der Waals surface area contributed by atoms with Crippen LogP contribution in [0.1, 0.15) is 25.7 Å². The van der Waals surface area contributed by atoms with Crippen LogP contribution >= 0.6 is 0 Å². The fourth-order valence-corrected chi connectivity index (χ4v) is 3.48. The SMILES string of the molecule is CN(C)C(=NCC1CC2CCC1C2)N(C)C. The quantitative estimate of drug-likeness (QED) is 0.526. The lowest BCUT2D eigenvalue weighted by atomic mass is 9.89. The van der Waals surface area contributed by atoms with Gasteiger partial charge in [0.05, 0.1) is 0 Å². The lowest BCUT2D eigenvalue weighted by Gasteiger charge is -2.25. The zero-order valence-corrected chi connectivity index (χ0v) is 11.1. The molecule has 0 saturated heterocycles. The Kier molecular flexibility index (Phi) is 3.41. The molecule has 3 nitrogen and oxygen atoms in total. The van der Waals surface area contributed by atoms with Crippen molar-refractivity contribution in [1.82, 2.24) is 9.80 Å². The molecule has 2 saturated carbocycles. The van der Waals surface area contributed by atoms with Gasteiger partial charge in [-0.05, 0) is 37.0 Å². The van der Waals surface area contributed by atoms with Gasteiger partial charge in [0.1, 0.15) is 0 Å². The molecule has 2 bridgehead atoms. The highest BCUT2D eigenvalue weighted by Gasteiger charge is 2.39. The Hall–Kier alpha value is -0.730. The summed E-state index contributed by atoms with van der Waals surface area (Å²) in [5, 5.41) is 0. The maximum Gasteiger partial charge on any atom is 0.195 e. The summed E-state index contributed by atoms with van der Waals surface area (Å²) in [7, 11) is 8.28. The molecule has 2 fully saturated rings. The molecule has 0 aromatic heterocycles. The summed E-state index contributed by atoms with van der Waals surface area (Å²) in [6.07, 6.45) is 5.87. The third kappa shape index (κ3) is 2.33. The summed E-state index contributed by atoms with van der Waals surface area (Å²) >= 11 is 0. The minimum absolute atomic E-state index is 0.869. The first kappa shape index (κ1) is 11.7. The predicted octanol–water partition coefficient (Wildman–Crippen LogP) is 1.90. The van der Waals surface area contributed by atoms with E-state index in [0.717, 1.165) is 30.3 Å². The van der Waals surface area contributed by atoms with Crippen LogP contribution in [0.5, 0.6) is 0 Å². The van der Waals surface area contributed by atoms with Crippen LogP contribution in [0.3, 0.4) is 0 Å². The maximum absolute atomic E-state index is 4.79. The molecule has 92 valence electrons. The molecule has 0 amide bonds. The molecule has 0 N–H and O–H groups in total. The molecule has 16 heavy (non-hydrogen) atoms. The number of aliphatic imine (C=N–C) groups is 1. The number of nitrogens with zero attached hydrogens (tertiary/aromatic N) is 3. The summed E-state index contributed by atoms with van der Waals surface area (Å²) in [4.78, 5) is 9.00. The second-order valence-electron chi connectivity index (χ2n) is 5.86. The first-order chi connectivity index (χ1) is 7.58. The average molecular weight is 223 g/mol. The van der Waals surface area contributed by atoms with Gasteiger partial charge in [0, 0.05) is 34.7 Å². The van der Waals surface area contributed by atoms with E-state index in [1.165, 1.54) is 25.7 Å². The molecule has 0 aromatic carbocycles.